The Morgan fingerprint density at radius 3 is 2.83 bits per heavy atom. The zero-order chi connectivity index (χ0) is 15.6. The van der Waals surface area contributed by atoms with Crippen LogP contribution in [0.1, 0.15) is 9.88 Å². The third-order valence-corrected chi connectivity index (χ3v) is 5.02. The second kappa shape index (κ2) is 5.95. The third-order valence-electron chi connectivity index (χ3n) is 3.37. The maximum atomic E-state index is 12.2. The second-order valence-electron chi connectivity index (χ2n) is 4.91. The van der Waals surface area contributed by atoms with E-state index in [-0.39, 0.29) is 5.63 Å². The molecule has 0 atom stereocenters. The number of thiazole rings is 1. The first-order valence-electron chi connectivity index (χ1n) is 7.00. The van der Waals surface area contributed by atoms with Gasteiger partial charge in [-0.25, -0.2) is 9.78 Å². The first-order valence-corrected chi connectivity index (χ1v) is 8.76. The van der Waals surface area contributed by atoms with Crippen LogP contribution in [0, 0.1) is 0 Å². The van der Waals surface area contributed by atoms with Crippen LogP contribution in [-0.4, -0.2) is 4.98 Å². The third kappa shape index (κ3) is 2.88. The Balaban J connectivity index is 1.71. The molecule has 4 aromatic rings. The summed E-state index contributed by atoms with van der Waals surface area (Å²) < 4.78 is 5.37. The molecule has 3 heterocycles. The van der Waals surface area contributed by atoms with E-state index in [1.807, 2.05) is 59.3 Å². The van der Waals surface area contributed by atoms with Gasteiger partial charge in [0.2, 0.25) is 0 Å². The zero-order valence-corrected chi connectivity index (χ0v) is 13.6. The van der Waals surface area contributed by atoms with Crippen LogP contribution in [0.3, 0.4) is 0 Å². The van der Waals surface area contributed by atoms with Crippen molar-refractivity contribution in [1.29, 1.82) is 0 Å². The zero-order valence-electron chi connectivity index (χ0n) is 11.9. The van der Waals surface area contributed by atoms with Crippen molar-refractivity contribution in [3.8, 4) is 11.3 Å². The van der Waals surface area contributed by atoms with E-state index in [9.17, 15) is 4.79 Å². The van der Waals surface area contributed by atoms with Crippen LogP contribution in [-0.2, 0) is 0 Å². The minimum Gasteiger partial charge on any atom is -0.422 e. The highest BCUT2D eigenvalue weighted by atomic mass is 32.1. The van der Waals surface area contributed by atoms with Gasteiger partial charge in [0.15, 0.2) is 0 Å². The van der Waals surface area contributed by atoms with Crippen LogP contribution in [0.25, 0.3) is 34.4 Å². The van der Waals surface area contributed by atoms with Crippen LogP contribution < -0.4 is 5.63 Å². The Hall–Kier alpha value is -2.50. The number of rotatable bonds is 3. The highest BCUT2D eigenvalue weighted by Crippen LogP contribution is 2.24. The number of aromatic nitrogens is 1. The van der Waals surface area contributed by atoms with E-state index in [4.69, 9.17) is 4.42 Å². The molecule has 1 aromatic carbocycles. The van der Waals surface area contributed by atoms with Crippen molar-refractivity contribution < 1.29 is 4.42 Å². The van der Waals surface area contributed by atoms with E-state index in [1.165, 1.54) is 16.2 Å². The summed E-state index contributed by atoms with van der Waals surface area (Å²) in [7, 11) is 0. The number of hydrogen-bond donors (Lipinski definition) is 0. The molecule has 0 saturated heterocycles. The fourth-order valence-electron chi connectivity index (χ4n) is 2.27. The average Bonchev–Trinajstić information content (AvgIpc) is 3.24. The van der Waals surface area contributed by atoms with E-state index in [1.54, 1.807) is 17.4 Å². The van der Waals surface area contributed by atoms with E-state index >= 15 is 0 Å². The van der Waals surface area contributed by atoms with E-state index in [2.05, 4.69) is 4.98 Å². The van der Waals surface area contributed by atoms with Gasteiger partial charge in [-0.2, -0.15) is 0 Å². The molecule has 3 nitrogen and oxygen atoms in total. The summed E-state index contributed by atoms with van der Waals surface area (Å²) in [6.07, 6.45) is 3.98. The molecule has 0 aliphatic heterocycles. The predicted molar refractivity (Wildman–Crippen MR) is 96.8 cm³/mol. The lowest BCUT2D eigenvalue weighted by Gasteiger charge is -1.98. The van der Waals surface area contributed by atoms with Crippen LogP contribution in [0.4, 0.5) is 0 Å². The molecule has 0 fully saturated rings. The maximum absolute atomic E-state index is 12.2. The fraction of sp³-hybridized carbons (Fsp3) is 0. The van der Waals surface area contributed by atoms with Gasteiger partial charge in [0, 0.05) is 15.6 Å². The monoisotopic (exact) mass is 337 g/mol. The van der Waals surface area contributed by atoms with Crippen molar-refractivity contribution in [1.82, 2.24) is 4.98 Å². The number of benzene rings is 1. The second-order valence-corrected chi connectivity index (χ2v) is 6.77. The van der Waals surface area contributed by atoms with Gasteiger partial charge in [-0.15, -0.1) is 22.7 Å². The molecular formula is C18H11NO2S2. The molecule has 0 spiro atoms. The SMILES string of the molecule is O=c1oc2ccccc2cc1-c1csc(/C=C/c2cccs2)n1. The van der Waals surface area contributed by atoms with Gasteiger partial charge in [-0.3, -0.25) is 0 Å². The normalized spacial score (nSPS) is 11.5. The number of hydrogen-bond acceptors (Lipinski definition) is 5. The summed E-state index contributed by atoms with van der Waals surface area (Å²) in [5.74, 6) is 0. The molecule has 3 aromatic heterocycles. The lowest BCUT2D eigenvalue weighted by Crippen LogP contribution is -2.02. The van der Waals surface area contributed by atoms with Crippen LogP contribution in [0.15, 0.2) is 62.4 Å². The average molecular weight is 337 g/mol. The van der Waals surface area contributed by atoms with Crippen LogP contribution >= 0.6 is 22.7 Å². The minimum absolute atomic E-state index is 0.359. The largest absolute Gasteiger partial charge is 0.422 e. The summed E-state index contributed by atoms with van der Waals surface area (Å²) >= 11 is 3.18. The smallest absolute Gasteiger partial charge is 0.345 e. The number of fused-ring (bicyclic) bond motifs is 1. The first kappa shape index (κ1) is 14.1. The molecule has 0 radical (unpaired) electrons. The summed E-state index contributed by atoms with van der Waals surface area (Å²) in [6.45, 7) is 0. The molecular weight excluding hydrogens is 326 g/mol. The molecule has 0 aliphatic rings. The van der Waals surface area contributed by atoms with Crippen LogP contribution in [0.2, 0.25) is 0 Å². The predicted octanol–water partition coefficient (Wildman–Crippen LogP) is 5.15. The lowest BCUT2D eigenvalue weighted by atomic mass is 10.1. The van der Waals surface area contributed by atoms with Gasteiger partial charge in [-0.1, -0.05) is 24.3 Å². The van der Waals surface area contributed by atoms with Gasteiger partial charge >= 0.3 is 5.63 Å². The summed E-state index contributed by atoms with van der Waals surface area (Å²) in [5.41, 5.74) is 1.38. The molecule has 0 saturated carbocycles. The van der Waals surface area contributed by atoms with Crippen molar-refractivity contribution in [3.63, 3.8) is 0 Å². The van der Waals surface area contributed by atoms with Gasteiger partial charge in [0.1, 0.15) is 10.6 Å². The summed E-state index contributed by atoms with van der Waals surface area (Å²) in [5, 5.41) is 5.68. The number of para-hydroxylation sites is 1. The van der Waals surface area contributed by atoms with E-state index in [0.29, 0.717) is 16.8 Å². The highest BCUT2D eigenvalue weighted by Gasteiger charge is 2.10. The minimum atomic E-state index is -0.359. The molecule has 0 bridgehead atoms. The summed E-state index contributed by atoms with van der Waals surface area (Å²) in [4.78, 5) is 17.9. The van der Waals surface area contributed by atoms with E-state index in [0.717, 1.165) is 10.4 Å². The summed E-state index contributed by atoms with van der Waals surface area (Å²) in [6, 6.07) is 13.4. The van der Waals surface area contributed by atoms with Gasteiger partial charge < -0.3 is 4.42 Å². The van der Waals surface area contributed by atoms with Crippen molar-refractivity contribution in [2.75, 3.05) is 0 Å². The Morgan fingerprint density at radius 2 is 1.96 bits per heavy atom. The molecule has 23 heavy (non-hydrogen) atoms. The fourth-order valence-corrected chi connectivity index (χ4v) is 3.60. The van der Waals surface area contributed by atoms with Gasteiger partial charge in [-0.05, 0) is 35.7 Å². The molecule has 0 N–H and O–H groups in total. The van der Waals surface area contributed by atoms with Crippen molar-refractivity contribution in [3.05, 3.63) is 73.5 Å². The highest BCUT2D eigenvalue weighted by molar-refractivity contribution is 7.11. The van der Waals surface area contributed by atoms with Crippen molar-refractivity contribution >= 4 is 45.8 Å². The first-order chi connectivity index (χ1) is 11.3. The Kier molecular flexibility index (Phi) is 3.65. The molecule has 5 heteroatoms. The van der Waals surface area contributed by atoms with Gasteiger partial charge in [0.25, 0.3) is 0 Å². The standard InChI is InChI=1S/C18H11NO2S2/c20-18-14(10-12-4-1-2-6-16(12)21-18)15-11-23-17(19-15)8-7-13-5-3-9-22-13/h1-11H/b8-7+. The van der Waals surface area contributed by atoms with E-state index < -0.39 is 0 Å². The quantitative estimate of drug-likeness (QED) is 0.486. The lowest BCUT2D eigenvalue weighted by molar-refractivity contribution is 0.563. The Bertz CT molecular complexity index is 1040. The van der Waals surface area contributed by atoms with Crippen molar-refractivity contribution in [2.45, 2.75) is 0 Å². The molecule has 0 aliphatic carbocycles. The Labute approximate surface area is 140 Å². The molecule has 4 rings (SSSR count). The van der Waals surface area contributed by atoms with Crippen molar-refractivity contribution in [2.24, 2.45) is 0 Å². The van der Waals surface area contributed by atoms with Crippen LogP contribution in [0.5, 0.6) is 0 Å². The molecule has 0 amide bonds. The number of nitrogens with zero attached hydrogens (tertiary/aromatic N) is 1. The molecule has 112 valence electrons. The molecule has 0 unspecified atom stereocenters. The number of thiophene rings is 1. The maximum Gasteiger partial charge on any atom is 0.345 e. The topological polar surface area (TPSA) is 43.1 Å². The Morgan fingerprint density at radius 1 is 1.04 bits per heavy atom. The van der Waals surface area contributed by atoms with Gasteiger partial charge in [0.05, 0.1) is 11.3 Å².